The monoisotopic (exact) mass is 348 g/mol. The van der Waals surface area contributed by atoms with E-state index in [-0.39, 0.29) is 23.1 Å². The number of azo groups is 2. The van der Waals surface area contributed by atoms with E-state index in [1.54, 1.807) is 48.5 Å². The van der Waals surface area contributed by atoms with Gasteiger partial charge >= 0.3 is 6.03 Å². The molecule has 0 saturated carbocycles. The molecule has 2 heterocycles. The molecule has 0 aliphatic rings. The maximum Gasteiger partial charge on any atom is 0.404 e. The van der Waals surface area contributed by atoms with Crippen LogP contribution in [0.5, 0.6) is 11.8 Å². The zero-order chi connectivity index (χ0) is 18.1. The van der Waals surface area contributed by atoms with E-state index in [4.69, 9.17) is 0 Å². The Bertz CT molecular complexity index is 1100. The van der Waals surface area contributed by atoms with Gasteiger partial charge in [0.05, 0.1) is 11.0 Å². The number of carbonyl (C=O) groups is 1. The molecule has 0 saturated heterocycles. The number of amides is 2. The Kier molecular flexibility index (Phi) is 3.66. The number of fused-ring (bicyclic) bond motifs is 2. The van der Waals surface area contributed by atoms with Crippen LogP contribution in [0.15, 0.2) is 69.0 Å². The molecular formula is C17H12N6O3. The van der Waals surface area contributed by atoms with Gasteiger partial charge in [0.1, 0.15) is 0 Å². The summed E-state index contributed by atoms with van der Waals surface area (Å²) in [5, 5.41) is 35.4. The summed E-state index contributed by atoms with van der Waals surface area (Å²) in [5.41, 5.74) is 1.60. The first-order valence-corrected chi connectivity index (χ1v) is 7.60. The van der Waals surface area contributed by atoms with Crippen LogP contribution >= 0.6 is 0 Å². The largest absolute Gasteiger partial charge is 0.493 e. The lowest BCUT2D eigenvalue weighted by Gasteiger charge is -1.90. The van der Waals surface area contributed by atoms with E-state index in [9.17, 15) is 15.0 Å². The summed E-state index contributed by atoms with van der Waals surface area (Å²) in [4.78, 5) is 17.3. The van der Waals surface area contributed by atoms with Gasteiger partial charge in [0.15, 0.2) is 11.4 Å². The van der Waals surface area contributed by atoms with E-state index < -0.39 is 6.03 Å². The van der Waals surface area contributed by atoms with Gasteiger partial charge in [0.25, 0.3) is 0 Å². The van der Waals surface area contributed by atoms with Crippen LogP contribution in [-0.4, -0.2) is 26.2 Å². The zero-order valence-electron chi connectivity index (χ0n) is 13.2. The molecule has 2 amide bonds. The Morgan fingerprint density at radius 3 is 1.62 bits per heavy atom. The zero-order valence-corrected chi connectivity index (χ0v) is 13.2. The maximum atomic E-state index is 11.8. The van der Waals surface area contributed by atoms with Gasteiger partial charge in [0.2, 0.25) is 11.8 Å². The van der Waals surface area contributed by atoms with Gasteiger partial charge in [-0.3, -0.25) is 0 Å². The number of urea groups is 1. The Hall–Kier alpha value is -4.01. The number of carbonyl (C=O) groups excluding carboxylic acids is 1. The summed E-state index contributed by atoms with van der Waals surface area (Å²) in [6, 6.07) is 13.2. The molecule has 9 heteroatoms. The van der Waals surface area contributed by atoms with E-state index in [0.29, 0.717) is 21.8 Å². The number of nitrogens with one attached hydrogen (secondary N) is 2. The summed E-state index contributed by atoms with van der Waals surface area (Å²) in [7, 11) is 0. The van der Waals surface area contributed by atoms with Crippen LogP contribution in [0.4, 0.5) is 16.2 Å². The van der Waals surface area contributed by atoms with Crippen molar-refractivity contribution >= 4 is 39.2 Å². The summed E-state index contributed by atoms with van der Waals surface area (Å²) >= 11 is 0. The molecule has 2 aromatic carbocycles. The molecule has 0 spiro atoms. The smallest absolute Gasteiger partial charge is 0.404 e. The first-order chi connectivity index (χ1) is 12.6. The lowest BCUT2D eigenvalue weighted by atomic mass is 10.2. The number of aromatic hydroxyl groups is 2. The molecule has 2 aromatic heterocycles. The second-order valence-electron chi connectivity index (χ2n) is 5.42. The van der Waals surface area contributed by atoms with Crippen LogP contribution in [0.1, 0.15) is 0 Å². The standard InChI is InChI=1S/C17H12N6O3/c24-15-13(9-5-1-3-7-11(9)18-15)20-22-17(26)23-21-14-10-6-2-4-8-12(10)19-16(14)25/h1-8,18-19,24-25H. The normalized spacial score (nSPS) is 12.0. The number of rotatable bonds is 2. The van der Waals surface area contributed by atoms with Crippen molar-refractivity contribution in [3.63, 3.8) is 0 Å². The van der Waals surface area contributed by atoms with Crippen LogP contribution in [0, 0.1) is 0 Å². The fourth-order valence-electron chi connectivity index (χ4n) is 2.63. The van der Waals surface area contributed by atoms with Crippen molar-refractivity contribution in [2.75, 3.05) is 0 Å². The maximum absolute atomic E-state index is 11.8. The molecule has 4 N–H and O–H groups in total. The summed E-state index contributed by atoms with van der Waals surface area (Å²) in [6.07, 6.45) is 0. The second kappa shape index (κ2) is 6.13. The minimum Gasteiger partial charge on any atom is -0.493 e. The van der Waals surface area contributed by atoms with Gasteiger partial charge in [-0.15, -0.1) is 10.2 Å². The highest BCUT2D eigenvalue weighted by Gasteiger charge is 2.11. The molecule has 26 heavy (non-hydrogen) atoms. The van der Waals surface area contributed by atoms with E-state index in [1.165, 1.54) is 0 Å². The Morgan fingerprint density at radius 1 is 0.731 bits per heavy atom. The molecule has 4 aromatic rings. The van der Waals surface area contributed by atoms with Crippen LogP contribution in [0.25, 0.3) is 21.8 Å². The molecule has 128 valence electrons. The van der Waals surface area contributed by atoms with Crippen LogP contribution in [-0.2, 0) is 0 Å². The number of aromatic nitrogens is 2. The number of benzene rings is 2. The number of H-pyrrole nitrogens is 2. The quantitative estimate of drug-likeness (QED) is 0.377. The minimum atomic E-state index is -0.973. The third-order valence-electron chi connectivity index (χ3n) is 3.79. The number of aromatic amines is 2. The number of hydrogen-bond acceptors (Lipinski definition) is 5. The van der Waals surface area contributed by atoms with Crippen molar-refractivity contribution in [3.8, 4) is 11.8 Å². The van der Waals surface area contributed by atoms with Gasteiger partial charge in [-0.1, -0.05) is 46.6 Å². The third kappa shape index (κ3) is 2.67. The fourth-order valence-corrected chi connectivity index (χ4v) is 2.63. The van der Waals surface area contributed by atoms with E-state index >= 15 is 0 Å². The highest BCUT2D eigenvalue weighted by Crippen LogP contribution is 2.36. The van der Waals surface area contributed by atoms with Gasteiger partial charge in [-0.25, -0.2) is 4.79 Å². The van der Waals surface area contributed by atoms with Crippen molar-refractivity contribution in [2.24, 2.45) is 20.5 Å². The highest BCUT2D eigenvalue weighted by molar-refractivity contribution is 5.95. The van der Waals surface area contributed by atoms with Crippen molar-refractivity contribution in [2.45, 2.75) is 0 Å². The topological polar surface area (TPSA) is 139 Å². The Morgan fingerprint density at radius 2 is 1.15 bits per heavy atom. The van der Waals surface area contributed by atoms with Crippen LogP contribution in [0.3, 0.4) is 0 Å². The van der Waals surface area contributed by atoms with Gasteiger partial charge in [0, 0.05) is 10.8 Å². The van der Waals surface area contributed by atoms with Crippen LogP contribution in [0.2, 0.25) is 0 Å². The number of hydrogen-bond donors (Lipinski definition) is 4. The molecule has 9 nitrogen and oxygen atoms in total. The molecule has 0 aliphatic carbocycles. The van der Waals surface area contributed by atoms with E-state index in [1.807, 2.05) is 0 Å². The minimum absolute atomic E-state index is 0.138. The van der Waals surface area contributed by atoms with Gasteiger partial charge < -0.3 is 20.2 Å². The average molecular weight is 348 g/mol. The predicted octanol–water partition coefficient (Wildman–Crippen LogP) is 5.05. The Labute approximate surface area is 145 Å². The summed E-state index contributed by atoms with van der Waals surface area (Å²) in [5.74, 6) is -0.400. The lowest BCUT2D eigenvalue weighted by molar-refractivity contribution is 0.254. The Balaban J connectivity index is 1.60. The molecule has 0 radical (unpaired) electrons. The van der Waals surface area contributed by atoms with Crippen LogP contribution < -0.4 is 0 Å². The molecule has 0 bridgehead atoms. The number of nitrogens with zero attached hydrogens (tertiary/aromatic N) is 4. The van der Waals surface area contributed by atoms with Gasteiger partial charge in [-0.2, -0.15) is 0 Å². The third-order valence-corrected chi connectivity index (χ3v) is 3.79. The lowest BCUT2D eigenvalue weighted by Crippen LogP contribution is -1.79. The molecule has 0 fully saturated rings. The first-order valence-electron chi connectivity index (χ1n) is 7.60. The first kappa shape index (κ1) is 15.5. The average Bonchev–Trinajstić information content (AvgIpc) is 3.13. The van der Waals surface area contributed by atoms with Crippen molar-refractivity contribution < 1.29 is 15.0 Å². The summed E-state index contributed by atoms with van der Waals surface area (Å²) in [6.45, 7) is 0. The van der Waals surface area contributed by atoms with Crippen molar-refractivity contribution in [1.29, 1.82) is 0 Å². The SMILES string of the molecule is O=C(N=Nc1c(O)[nH]c2ccccc12)N=Nc1c(O)[nH]c2ccccc12. The van der Waals surface area contributed by atoms with Crippen molar-refractivity contribution in [3.05, 3.63) is 48.5 Å². The fraction of sp³-hybridized carbons (Fsp3) is 0. The van der Waals surface area contributed by atoms with Gasteiger partial charge in [-0.05, 0) is 12.1 Å². The van der Waals surface area contributed by atoms with E-state index in [2.05, 4.69) is 30.4 Å². The molecule has 0 unspecified atom stereocenters. The molecule has 0 atom stereocenters. The molecular weight excluding hydrogens is 336 g/mol. The molecule has 4 rings (SSSR count). The molecule has 0 aliphatic heterocycles. The van der Waals surface area contributed by atoms with Crippen molar-refractivity contribution in [1.82, 2.24) is 9.97 Å². The number of para-hydroxylation sites is 2. The second-order valence-corrected chi connectivity index (χ2v) is 5.42. The summed E-state index contributed by atoms with van der Waals surface area (Å²) < 4.78 is 0. The highest BCUT2D eigenvalue weighted by atomic mass is 16.3. The predicted molar refractivity (Wildman–Crippen MR) is 94.4 cm³/mol. The van der Waals surface area contributed by atoms with E-state index in [0.717, 1.165) is 0 Å².